The number of hydrogen-bond acceptors (Lipinski definition) is 6. The van der Waals surface area contributed by atoms with E-state index >= 15 is 0 Å². The van der Waals surface area contributed by atoms with Crippen LogP contribution in [0.2, 0.25) is 0 Å². The van der Waals surface area contributed by atoms with Gasteiger partial charge in [-0.25, -0.2) is 12.8 Å². The van der Waals surface area contributed by atoms with Gasteiger partial charge in [0.15, 0.2) is 6.61 Å². The second-order valence-corrected chi connectivity index (χ2v) is 8.51. The number of hydrogen-bond donors (Lipinski definition) is 0. The molecule has 1 heterocycles. The Hall–Kier alpha value is -3.31. The van der Waals surface area contributed by atoms with Crippen molar-refractivity contribution in [3.63, 3.8) is 0 Å². The van der Waals surface area contributed by atoms with Crippen LogP contribution in [0.25, 0.3) is 6.08 Å². The molecule has 1 aliphatic heterocycles. The second-order valence-electron chi connectivity index (χ2n) is 6.70. The summed E-state index contributed by atoms with van der Waals surface area (Å²) in [5.41, 5.74) is 0.304. The Bertz CT molecular complexity index is 1080. The van der Waals surface area contributed by atoms with Gasteiger partial charge in [0.05, 0.1) is 4.92 Å². The fourth-order valence-electron chi connectivity index (χ4n) is 2.99. The van der Waals surface area contributed by atoms with E-state index in [1.165, 1.54) is 15.3 Å². The van der Waals surface area contributed by atoms with Crippen LogP contribution in [0.5, 0.6) is 5.75 Å². The first-order chi connectivity index (χ1) is 14.8. The summed E-state index contributed by atoms with van der Waals surface area (Å²) in [5.74, 6) is -1.54. The third-order valence-corrected chi connectivity index (χ3v) is 6.22. The number of ether oxygens (including phenoxy) is 1. The molecule has 1 saturated heterocycles. The molecule has 3 rings (SSSR count). The van der Waals surface area contributed by atoms with Crippen molar-refractivity contribution in [3.8, 4) is 5.75 Å². The zero-order valence-corrected chi connectivity index (χ0v) is 17.2. The maximum absolute atomic E-state index is 13.3. The molecule has 0 spiro atoms. The summed E-state index contributed by atoms with van der Waals surface area (Å²) in [4.78, 5) is 24.0. The summed E-state index contributed by atoms with van der Waals surface area (Å²) in [6.07, 6.45) is 1.51. The lowest BCUT2D eigenvalue weighted by atomic mass is 10.2. The molecular weight excluding hydrogens is 429 g/mol. The van der Waals surface area contributed by atoms with Crippen molar-refractivity contribution in [3.05, 3.63) is 75.4 Å². The molecule has 0 aliphatic carbocycles. The summed E-state index contributed by atoms with van der Waals surface area (Å²) in [5, 5.41) is 12.1. The molecule has 0 unspecified atom stereocenters. The monoisotopic (exact) mass is 449 g/mol. The first-order valence-corrected chi connectivity index (χ1v) is 10.8. The fraction of sp³-hybridized carbons (Fsp3) is 0.250. The van der Waals surface area contributed by atoms with Crippen LogP contribution >= 0.6 is 0 Å². The Morgan fingerprint density at radius 2 is 1.81 bits per heavy atom. The largest absolute Gasteiger partial charge is 0.477 e. The molecule has 1 aliphatic rings. The molecule has 11 heteroatoms. The highest BCUT2D eigenvalue weighted by Gasteiger charge is 2.28. The number of piperazine rings is 1. The third-order valence-electron chi connectivity index (χ3n) is 4.65. The molecule has 164 valence electrons. The van der Waals surface area contributed by atoms with Gasteiger partial charge in [0.2, 0.25) is 15.8 Å². The minimum absolute atomic E-state index is 0.104. The summed E-state index contributed by atoms with van der Waals surface area (Å²) in [6, 6.07) is 11.7. The zero-order valence-electron chi connectivity index (χ0n) is 16.4. The number of halogens is 1. The van der Waals surface area contributed by atoms with Gasteiger partial charge in [-0.05, 0) is 17.7 Å². The van der Waals surface area contributed by atoms with Crippen molar-refractivity contribution in [1.29, 1.82) is 0 Å². The maximum Gasteiger partial charge on any atom is 0.311 e. The average Bonchev–Trinajstić information content (AvgIpc) is 2.77. The Morgan fingerprint density at radius 3 is 2.45 bits per heavy atom. The van der Waals surface area contributed by atoms with E-state index < -0.39 is 39.0 Å². The van der Waals surface area contributed by atoms with E-state index in [4.69, 9.17) is 4.74 Å². The normalized spacial score (nSPS) is 15.2. The molecule has 2 aromatic rings. The van der Waals surface area contributed by atoms with Crippen LogP contribution in [0.3, 0.4) is 0 Å². The van der Waals surface area contributed by atoms with Gasteiger partial charge in [0.25, 0.3) is 5.91 Å². The molecule has 0 N–H and O–H groups in total. The van der Waals surface area contributed by atoms with Gasteiger partial charge in [0.1, 0.15) is 5.82 Å². The second kappa shape index (κ2) is 9.67. The van der Waals surface area contributed by atoms with Gasteiger partial charge >= 0.3 is 5.69 Å². The lowest BCUT2D eigenvalue weighted by Gasteiger charge is -2.33. The molecule has 0 radical (unpaired) electrons. The molecule has 0 saturated carbocycles. The number of nitrogens with zero attached hydrogens (tertiary/aromatic N) is 3. The number of amides is 1. The number of benzene rings is 2. The van der Waals surface area contributed by atoms with Gasteiger partial charge in [-0.15, -0.1) is 0 Å². The van der Waals surface area contributed by atoms with E-state index in [0.29, 0.717) is 0 Å². The van der Waals surface area contributed by atoms with Crippen molar-refractivity contribution in [2.45, 2.75) is 0 Å². The standard InChI is InChI=1S/C20H20FN3O6S/c21-17-6-7-18(24(26)27)19(14-17)30-15-20(25)22-9-11-23(12-10-22)31(28,29)13-8-16-4-2-1-3-5-16/h1-8,13-14H,9-12,15H2/b13-8+. The van der Waals surface area contributed by atoms with E-state index in [2.05, 4.69) is 0 Å². The number of carbonyl (C=O) groups is 1. The Morgan fingerprint density at radius 1 is 1.13 bits per heavy atom. The maximum atomic E-state index is 13.3. The molecule has 0 aromatic heterocycles. The lowest BCUT2D eigenvalue weighted by Crippen LogP contribution is -2.51. The first-order valence-electron chi connectivity index (χ1n) is 9.34. The zero-order chi connectivity index (χ0) is 22.4. The molecule has 1 amide bonds. The van der Waals surface area contributed by atoms with Crippen molar-refractivity contribution in [2.75, 3.05) is 32.8 Å². The van der Waals surface area contributed by atoms with Crippen molar-refractivity contribution in [1.82, 2.24) is 9.21 Å². The molecule has 2 aromatic carbocycles. The van der Waals surface area contributed by atoms with Gasteiger partial charge in [-0.1, -0.05) is 30.3 Å². The number of rotatable bonds is 7. The molecule has 31 heavy (non-hydrogen) atoms. The summed E-state index contributed by atoms with van der Waals surface area (Å²) < 4.78 is 44.8. The SMILES string of the molecule is O=C(COc1cc(F)ccc1[N+](=O)[O-])N1CCN(S(=O)(=O)/C=C/c2ccccc2)CC1. The quantitative estimate of drug-likeness (QED) is 0.474. The van der Waals surface area contributed by atoms with Crippen molar-refractivity contribution in [2.24, 2.45) is 0 Å². The highest BCUT2D eigenvalue weighted by molar-refractivity contribution is 7.92. The fourth-order valence-corrected chi connectivity index (χ4v) is 4.17. The van der Waals surface area contributed by atoms with E-state index in [1.807, 2.05) is 6.07 Å². The lowest BCUT2D eigenvalue weighted by molar-refractivity contribution is -0.385. The summed E-state index contributed by atoms with van der Waals surface area (Å²) >= 11 is 0. The summed E-state index contributed by atoms with van der Waals surface area (Å²) in [7, 11) is -3.64. The number of nitro benzene ring substituents is 1. The van der Waals surface area contributed by atoms with Crippen molar-refractivity contribution < 1.29 is 27.3 Å². The molecule has 9 nitrogen and oxygen atoms in total. The molecule has 0 bridgehead atoms. The van der Waals surface area contributed by atoms with E-state index in [0.717, 1.165) is 29.2 Å². The van der Waals surface area contributed by atoms with Gasteiger partial charge in [0, 0.05) is 43.7 Å². The van der Waals surface area contributed by atoms with Crippen LogP contribution in [0.4, 0.5) is 10.1 Å². The average molecular weight is 449 g/mol. The number of sulfonamides is 1. The smallest absolute Gasteiger partial charge is 0.311 e. The third kappa shape index (κ3) is 5.86. The van der Waals surface area contributed by atoms with Crippen LogP contribution in [0.15, 0.2) is 53.9 Å². The predicted octanol–water partition coefficient (Wildman–Crippen LogP) is 2.26. The number of nitro groups is 1. The first kappa shape index (κ1) is 22.4. The predicted molar refractivity (Wildman–Crippen MR) is 111 cm³/mol. The molecule has 0 atom stereocenters. The Balaban J connectivity index is 1.55. The van der Waals surface area contributed by atoms with E-state index in [-0.39, 0.29) is 31.9 Å². The molecular formula is C20H20FN3O6S. The molecule has 1 fully saturated rings. The van der Waals surface area contributed by atoms with E-state index in [1.54, 1.807) is 24.3 Å². The van der Waals surface area contributed by atoms with Crippen LogP contribution < -0.4 is 4.74 Å². The Kier molecular flexibility index (Phi) is 6.98. The van der Waals surface area contributed by atoms with Crippen LogP contribution in [0.1, 0.15) is 5.56 Å². The van der Waals surface area contributed by atoms with Crippen LogP contribution in [-0.2, 0) is 14.8 Å². The van der Waals surface area contributed by atoms with Crippen LogP contribution in [-0.4, -0.2) is 61.2 Å². The minimum Gasteiger partial charge on any atom is -0.477 e. The van der Waals surface area contributed by atoms with Gasteiger partial charge < -0.3 is 9.64 Å². The van der Waals surface area contributed by atoms with Crippen LogP contribution in [0, 0.1) is 15.9 Å². The number of carbonyl (C=O) groups excluding carboxylic acids is 1. The van der Waals surface area contributed by atoms with Crippen molar-refractivity contribution >= 4 is 27.7 Å². The van der Waals surface area contributed by atoms with Gasteiger partial charge in [-0.3, -0.25) is 14.9 Å². The van der Waals surface area contributed by atoms with Gasteiger partial charge in [-0.2, -0.15) is 4.31 Å². The Labute approximate surface area is 178 Å². The summed E-state index contributed by atoms with van der Waals surface area (Å²) in [6.45, 7) is -0.0245. The topological polar surface area (TPSA) is 110 Å². The highest BCUT2D eigenvalue weighted by Crippen LogP contribution is 2.27. The van der Waals surface area contributed by atoms with E-state index in [9.17, 15) is 27.7 Å². The highest BCUT2D eigenvalue weighted by atomic mass is 32.2. The minimum atomic E-state index is -3.64.